The molecular weight excluding hydrogens is 262 g/mol. The lowest BCUT2D eigenvalue weighted by molar-refractivity contribution is 0.0846. The van der Waals surface area contributed by atoms with E-state index >= 15 is 0 Å². The van der Waals surface area contributed by atoms with Crippen LogP contribution in [0.5, 0.6) is 0 Å². The number of anilines is 1. The highest BCUT2D eigenvalue weighted by Gasteiger charge is 2.10. The van der Waals surface area contributed by atoms with Gasteiger partial charge in [0.2, 0.25) is 0 Å². The normalized spacial score (nSPS) is 12.7. The molecule has 4 heteroatoms. The van der Waals surface area contributed by atoms with Crippen LogP contribution in [-0.4, -0.2) is 37.8 Å². The van der Waals surface area contributed by atoms with Crippen LogP contribution in [0.15, 0.2) is 18.3 Å². The summed E-state index contributed by atoms with van der Waals surface area (Å²) in [6, 6.07) is 4.63. The van der Waals surface area contributed by atoms with Gasteiger partial charge in [-0.05, 0) is 45.4 Å². The molecule has 0 radical (unpaired) electrons. The Kier molecular flexibility index (Phi) is 8.31. The lowest BCUT2D eigenvalue weighted by atomic mass is 10.1. The molecule has 4 nitrogen and oxygen atoms in total. The van der Waals surface area contributed by atoms with Crippen LogP contribution in [0.3, 0.4) is 0 Å². The lowest BCUT2D eigenvalue weighted by Gasteiger charge is -2.21. The first-order chi connectivity index (χ1) is 10.1. The van der Waals surface area contributed by atoms with Gasteiger partial charge in [0.1, 0.15) is 0 Å². The zero-order chi connectivity index (χ0) is 15.7. The van der Waals surface area contributed by atoms with Crippen LogP contribution >= 0.6 is 0 Å². The number of ether oxygens (including phenoxy) is 1. The van der Waals surface area contributed by atoms with Crippen molar-refractivity contribution in [2.75, 3.05) is 31.6 Å². The van der Waals surface area contributed by atoms with E-state index in [1.165, 1.54) is 0 Å². The molecule has 1 heterocycles. The van der Waals surface area contributed by atoms with Crippen LogP contribution in [0.1, 0.15) is 52.3 Å². The van der Waals surface area contributed by atoms with Gasteiger partial charge in [0.15, 0.2) is 0 Å². The van der Waals surface area contributed by atoms with Crippen LogP contribution in [-0.2, 0) is 4.74 Å². The molecule has 0 aliphatic carbocycles. The zero-order valence-electron chi connectivity index (χ0n) is 14.2. The summed E-state index contributed by atoms with van der Waals surface area (Å²) in [5, 5.41) is 3.53. The van der Waals surface area contributed by atoms with Crippen molar-refractivity contribution < 1.29 is 4.74 Å². The molecular formula is C17H31N3O. The van der Waals surface area contributed by atoms with Crippen molar-refractivity contribution in [3.8, 4) is 0 Å². The first-order valence-corrected chi connectivity index (χ1v) is 8.10. The van der Waals surface area contributed by atoms with E-state index in [9.17, 15) is 0 Å². The Bertz CT molecular complexity index is 378. The maximum atomic E-state index is 5.59. The second-order valence-electron chi connectivity index (χ2n) is 5.70. The number of aromatic nitrogens is 1. The van der Waals surface area contributed by atoms with Crippen LogP contribution in [0, 0.1) is 0 Å². The minimum absolute atomic E-state index is 0.286. The number of hydrogen-bond donors (Lipinski definition) is 1. The van der Waals surface area contributed by atoms with E-state index in [0.717, 1.165) is 43.9 Å². The molecule has 0 saturated carbocycles. The average molecular weight is 293 g/mol. The molecule has 1 atom stereocenters. The summed E-state index contributed by atoms with van der Waals surface area (Å²) in [5.74, 6) is 0. The first-order valence-electron chi connectivity index (χ1n) is 8.10. The van der Waals surface area contributed by atoms with E-state index in [1.54, 1.807) is 0 Å². The Morgan fingerprint density at radius 3 is 2.57 bits per heavy atom. The minimum atomic E-state index is 0.286. The zero-order valence-corrected chi connectivity index (χ0v) is 14.2. The van der Waals surface area contributed by atoms with Gasteiger partial charge in [-0.2, -0.15) is 0 Å². The predicted octanol–water partition coefficient (Wildman–Crippen LogP) is 3.39. The van der Waals surface area contributed by atoms with Gasteiger partial charge >= 0.3 is 0 Å². The van der Waals surface area contributed by atoms with Gasteiger partial charge in [-0.1, -0.05) is 13.8 Å². The third-order valence-corrected chi connectivity index (χ3v) is 3.50. The Hall–Kier alpha value is -1.13. The Labute approximate surface area is 129 Å². The monoisotopic (exact) mass is 293 g/mol. The molecule has 21 heavy (non-hydrogen) atoms. The van der Waals surface area contributed by atoms with Gasteiger partial charge in [0.05, 0.1) is 30.3 Å². The number of rotatable bonds is 10. The van der Waals surface area contributed by atoms with Crippen molar-refractivity contribution in [2.45, 2.75) is 52.7 Å². The summed E-state index contributed by atoms with van der Waals surface area (Å²) < 4.78 is 5.59. The molecule has 0 aromatic carbocycles. The van der Waals surface area contributed by atoms with Crippen molar-refractivity contribution in [1.29, 1.82) is 0 Å². The SMILES string of the molecule is CCCNC(CC)c1ccc(N(C)CCOC(C)C)cn1. The quantitative estimate of drug-likeness (QED) is 0.717. The maximum Gasteiger partial charge on any atom is 0.0644 e. The van der Waals surface area contributed by atoms with Crippen molar-refractivity contribution in [2.24, 2.45) is 0 Å². The molecule has 0 amide bonds. The molecule has 0 aliphatic rings. The Morgan fingerprint density at radius 2 is 2.05 bits per heavy atom. The third kappa shape index (κ3) is 6.44. The number of likely N-dealkylation sites (N-methyl/N-ethyl adjacent to an activating group) is 1. The number of nitrogens with zero attached hydrogens (tertiary/aromatic N) is 2. The van der Waals surface area contributed by atoms with E-state index in [1.807, 2.05) is 6.20 Å². The number of hydrogen-bond acceptors (Lipinski definition) is 4. The fraction of sp³-hybridized carbons (Fsp3) is 0.706. The highest BCUT2D eigenvalue weighted by Crippen LogP contribution is 2.18. The molecule has 1 unspecified atom stereocenters. The van der Waals surface area contributed by atoms with Gasteiger partial charge in [-0.3, -0.25) is 4.98 Å². The Balaban J connectivity index is 2.55. The largest absolute Gasteiger partial charge is 0.377 e. The molecule has 1 aromatic rings. The highest BCUT2D eigenvalue weighted by atomic mass is 16.5. The summed E-state index contributed by atoms with van der Waals surface area (Å²) in [4.78, 5) is 6.80. The molecule has 0 bridgehead atoms. The van der Waals surface area contributed by atoms with Crippen LogP contribution in [0.4, 0.5) is 5.69 Å². The molecule has 1 N–H and O–H groups in total. The summed E-state index contributed by atoms with van der Waals surface area (Å²) in [5.41, 5.74) is 2.26. The smallest absolute Gasteiger partial charge is 0.0644 e. The number of nitrogens with one attached hydrogen (secondary N) is 1. The van der Waals surface area contributed by atoms with Gasteiger partial charge in [0, 0.05) is 19.6 Å². The summed E-state index contributed by atoms with van der Waals surface area (Å²) in [7, 11) is 2.08. The summed E-state index contributed by atoms with van der Waals surface area (Å²) >= 11 is 0. The van der Waals surface area contributed by atoms with Gasteiger partial charge in [-0.25, -0.2) is 0 Å². The van der Waals surface area contributed by atoms with Gasteiger partial charge in [0.25, 0.3) is 0 Å². The summed E-state index contributed by atoms with van der Waals surface area (Å²) in [6.45, 7) is 11.2. The van der Waals surface area contributed by atoms with Crippen molar-refractivity contribution in [3.05, 3.63) is 24.0 Å². The maximum absolute atomic E-state index is 5.59. The molecule has 0 aliphatic heterocycles. The van der Waals surface area contributed by atoms with Crippen LogP contribution in [0.2, 0.25) is 0 Å². The van der Waals surface area contributed by atoms with E-state index in [0.29, 0.717) is 6.04 Å². The lowest BCUT2D eigenvalue weighted by Crippen LogP contribution is -2.25. The molecule has 0 saturated heterocycles. The van der Waals surface area contributed by atoms with Crippen molar-refractivity contribution in [3.63, 3.8) is 0 Å². The molecule has 1 rings (SSSR count). The second kappa shape index (κ2) is 9.74. The van der Waals surface area contributed by atoms with Crippen molar-refractivity contribution in [1.82, 2.24) is 10.3 Å². The van der Waals surface area contributed by atoms with Crippen molar-refractivity contribution >= 4 is 5.69 Å². The van der Waals surface area contributed by atoms with Crippen LogP contribution in [0.25, 0.3) is 0 Å². The van der Waals surface area contributed by atoms with E-state index in [-0.39, 0.29) is 6.10 Å². The van der Waals surface area contributed by atoms with E-state index < -0.39 is 0 Å². The van der Waals surface area contributed by atoms with Crippen LogP contribution < -0.4 is 10.2 Å². The molecule has 1 aromatic heterocycles. The van der Waals surface area contributed by atoms with E-state index in [2.05, 4.69) is 62.1 Å². The highest BCUT2D eigenvalue weighted by molar-refractivity contribution is 5.43. The fourth-order valence-electron chi connectivity index (χ4n) is 2.16. The minimum Gasteiger partial charge on any atom is -0.377 e. The predicted molar refractivity (Wildman–Crippen MR) is 89.9 cm³/mol. The van der Waals surface area contributed by atoms with Gasteiger partial charge in [-0.15, -0.1) is 0 Å². The number of pyridine rings is 1. The average Bonchev–Trinajstić information content (AvgIpc) is 2.48. The molecule has 0 spiro atoms. The van der Waals surface area contributed by atoms with Gasteiger partial charge < -0.3 is 15.0 Å². The summed E-state index contributed by atoms with van der Waals surface area (Å²) in [6.07, 6.45) is 4.45. The van der Waals surface area contributed by atoms with E-state index in [4.69, 9.17) is 4.74 Å². The Morgan fingerprint density at radius 1 is 1.29 bits per heavy atom. The second-order valence-corrected chi connectivity index (χ2v) is 5.70. The molecule has 0 fully saturated rings. The fourth-order valence-corrected chi connectivity index (χ4v) is 2.16. The third-order valence-electron chi connectivity index (χ3n) is 3.50. The molecule has 120 valence electrons. The standard InChI is InChI=1S/C17H31N3O/c1-6-10-18-16(7-2)17-9-8-15(13-19-17)20(5)11-12-21-14(3)4/h8-9,13-14,16,18H,6-7,10-12H2,1-5H3. The topological polar surface area (TPSA) is 37.4 Å². The first kappa shape index (κ1) is 17.9.